The van der Waals surface area contributed by atoms with Crippen molar-refractivity contribution >= 4 is 28.1 Å². The Bertz CT molecular complexity index is 1200. The van der Waals surface area contributed by atoms with Crippen LogP contribution in [-0.4, -0.2) is 18.0 Å². The third kappa shape index (κ3) is 5.38. The smallest absolute Gasteiger partial charge is 0.123 e. The van der Waals surface area contributed by atoms with Crippen molar-refractivity contribution in [2.45, 2.75) is 25.4 Å². The number of benzene rings is 4. The van der Waals surface area contributed by atoms with E-state index >= 15 is 0 Å². The maximum absolute atomic E-state index is 13.6. The van der Waals surface area contributed by atoms with Crippen LogP contribution in [-0.2, 0) is 6.54 Å². The zero-order valence-corrected chi connectivity index (χ0v) is 19.3. The van der Waals surface area contributed by atoms with Crippen LogP contribution in [0, 0.1) is 11.7 Å². The summed E-state index contributed by atoms with van der Waals surface area (Å²) in [5.41, 5.74) is 3.52. The number of hydrogen-bond donors (Lipinski definition) is 1. The van der Waals surface area contributed by atoms with Crippen LogP contribution in [0.1, 0.15) is 30.0 Å². The van der Waals surface area contributed by atoms with Gasteiger partial charge in [-0.25, -0.2) is 4.39 Å². The van der Waals surface area contributed by atoms with E-state index in [9.17, 15) is 4.39 Å². The minimum atomic E-state index is -0.200. The molecule has 1 unspecified atom stereocenters. The van der Waals surface area contributed by atoms with Crippen LogP contribution in [0.4, 0.5) is 10.1 Å². The highest BCUT2D eigenvalue weighted by molar-refractivity contribution is 6.30. The van der Waals surface area contributed by atoms with Gasteiger partial charge < -0.3 is 5.32 Å². The van der Waals surface area contributed by atoms with Crippen LogP contribution in [0.15, 0.2) is 91.0 Å². The molecule has 1 aliphatic rings. The van der Waals surface area contributed by atoms with Crippen LogP contribution >= 0.6 is 11.6 Å². The van der Waals surface area contributed by atoms with Gasteiger partial charge >= 0.3 is 0 Å². The van der Waals surface area contributed by atoms with Gasteiger partial charge in [0.25, 0.3) is 0 Å². The fourth-order valence-corrected chi connectivity index (χ4v) is 5.03. The van der Waals surface area contributed by atoms with E-state index in [1.165, 1.54) is 16.3 Å². The Kier molecular flexibility index (Phi) is 6.61. The number of nitrogens with zero attached hydrogens (tertiary/aromatic N) is 1. The minimum Gasteiger partial charge on any atom is -0.378 e. The van der Waals surface area contributed by atoms with Crippen molar-refractivity contribution in [2.24, 2.45) is 5.92 Å². The molecule has 0 radical (unpaired) electrons. The largest absolute Gasteiger partial charge is 0.378 e. The van der Waals surface area contributed by atoms with Crippen molar-refractivity contribution < 1.29 is 4.39 Å². The van der Waals surface area contributed by atoms with Gasteiger partial charge in [-0.15, -0.1) is 0 Å². The Labute approximate surface area is 200 Å². The Morgan fingerprint density at radius 2 is 1.55 bits per heavy atom. The van der Waals surface area contributed by atoms with Crippen LogP contribution in [0.25, 0.3) is 10.8 Å². The number of halogens is 2. The second kappa shape index (κ2) is 9.94. The first-order valence-electron chi connectivity index (χ1n) is 11.6. The van der Waals surface area contributed by atoms with E-state index in [0.29, 0.717) is 5.92 Å². The van der Waals surface area contributed by atoms with Gasteiger partial charge in [0.15, 0.2) is 0 Å². The fourth-order valence-electron chi connectivity index (χ4n) is 4.91. The lowest BCUT2D eigenvalue weighted by Gasteiger charge is -2.37. The Balaban J connectivity index is 1.28. The number of hydrogen-bond acceptors (Lipinski definition) is 2. The summed E-state index contributed by atoms with van der Waals surface area (Å²) in [6, 6.07) is 30.2. The summed E-state index contributed by atoms with van der Waals surface area (Å²) < 4.78 is 13.6. The number of rotatable bonds is 6. The molecule has 33 heavy (non-hydrogen) atoms. The van der Waals surface area contributed by atoms with Crippen molar-refractivity contribution in [3.63, 3.8) is 0 Å². The van der Waals surface area contributed by atoms with E-state index in [1.54, 1.807) is 12.1 Å². The number of piperidine rings is 1. The van der Waals surface area contributed by atoms with E-state index < -0.39 is 0 Å². The summed E-state index contributed by atoms with van der Waals surface area (Å²) in [4.78, 5) is 2.55. The molecule has 0 aliphatic carbocycles. The second-order valence-corrected chi connectivity index (χ2v) is 9.41. The predicted octanol–water partition coefficient (Wildman–Crippen LogP) is 7.70. The molecule has 0 spiro atoms. The fraction of sp³-hybridized carbons (Fsp3) is 0.241. The normalized spacial score (nSPS) is 16.1. The SMILES string of the molecule is Fc1ccc(C(Nc2ccc(Cl)cc2)C2CCN(Cc3ccc4ccccc4c3)CC2)cc1. The van der Waals surface area contributed by atoms with Gasteiger partial charge in [0, 0.05) is 17.3 Å². The van der Waals surface area contributed by atoms with Gasteiger partial charge in [0.05, 0.1) is 6.04 Å². The topological polar surface area (TPSA) is 15.3 Å². The first-order valence-corrected chi connectivity index (χ1v) is 12.0. The molecule has 1 saturated heterocycles. The lowest BCUT2D eigenvalue weighted by Crippen LogP contribution is -2.36. The second-order valence-electron chi connectivity index (χ2n) is 8.98. The average molecular weight is 459 g/mol. The lowest BCUT2D eigenvalue weighted by atomic mass is 9.85. The van der Waals surface area contributed by atoms with Gasteiger partial charge in [-0.05, 0) is 96.2 Å². The first-order chi connectivity index (χ1) is 16.1. The molecular formula is C29H28ClFN2. The molecule has 0 amide bonds. The zero-order chi connectivity index (χ0) is 22.6. The molecule has 1 fully saturated rings. The highest BCUT2D eigenvalue weighted by Gasteiger charge is 2.28. The maximum Gasteiger partial charge on any atom is 0.123 e. The molecule has 0 aromatic heterocycles. The third-order valence-electron chi connectivity index (χ3n) is 6.72. The molecule has 1 aliphatic heterocycles. The summed E-state index contributed by atoms with van der Waals surface area (Å²) in [5.74, 6) is 0.271. The van der Waals surface area contributed by atoms with E-state index in [-0.39, 0.29) is 11.9 Å². The van der Waals surface area contributed by atoms with Crippen LogP contribution < -0.4 is 5.32 Å². The minimum absolute atomic E-state index is 0.134. The van der Waals surface area contributed by atoms with Crippen LogP contribution in [0.2, 0.25) is 5.02 Å². The molecule has 1 atom stereocenters. The molecule has 2 nitrogen and oxygen atoms in total. The van der Waals surface area contributed by atoms with E-state index in [0.717, 1.165) is 48.7 Å². The first kappa shape index (κ1) is 21.9. The number of nitrogens with one attached hydrogen (secondary N) is 1. The summed E-state index contributed by atoms with van der Waals surface area (Å²) in [7, 11) is 0. The van der Waals surface area contributed by atoms with Crippen LogP contribution in [0.5, 0.6) is 0 Å². The molecule has 1 N–H and O–H groups in total. The van der Waals surface area contributed by atoms with E-state index in [2.05, 4.69) is 52.7 Å². The van der Waals surface area contributed by atoms with E-state index in [1.807, 2.05) is 36.4 Å². The molecule has 168 valence electrons. The van der Waals surface area contributed by atoms with Crippen LogP contribution in [0.3, 0.4) is 0 Å². The molecule has 1 heterocycles. The molecule has 0 bridgehead atoms. The summed E-state index contributed by atoms with van der Waals surface area (Å²) in [5, 5.41) is 7.01. The van der Waals surface area contributed by atoms with Crippen molar-refractivity contribution in [3.05, 3.63) is 113 Å². The van der Waals surface area contributed by atoms with Gasteiger partial charge in [-0.2, -0.15) is 0 Å². The number of likely N-dealkylation sites (tertiary alicyclic amines) is 1. The van der Waals surface area contributed by atoms with Crippen molar-refractivity contribution in [3.8, 4) is 0 Å². The highest BCUT2D eigenvalue weighted by atomic mass is 35.5. The molecule has 4 heteroatoms. The Hall–Kier alpha value is -2.88. The molecule has 0 saturated carbocycles. The number of fused-ring (bicyclic) bond motifs is 1. The van der Waals surface area contributed by atoms with Crippen molar-refractivity contribution in [2.75, 3.05) is 18.4 Å². The van der Waals surface area contributed by atoms with Gasteiger partial charge in [0.2, 0.25) is 0 Å². The maximum atomic E-state index is 13.6. The lowest BCUT2D eigenvalue weighted by molar-refractivity contribution is 0.166. The molecule has 5 rings (SSSR count). The molecule has 4 aromatic rings. The summed E-state index contributed by atoms with van der Waals surface area (Å²) in [6.07, 6.45) is 2.19. The van der Waals surface area contributed by atoms with E-state index in [4.69, 9.17) is 11.6 Å². The van der Waals surface area contributed by atoms with Gasteiger partial charge in [-0.3, -0.25) is 4.90 Å². The standard InChI is InChI=1S/C29H28ClFN2/c30-26-9-13-28(14-10-26)32-29(23-7-11-27(31)12-8-23)24-15-17-33(18-16-24)20-21-5-6-22-3-1-2-4-25(22)19-21/h1-14,19,24,29,32H,15-18,20H2. The average Bonchev–Trinajstić information content (AvgIpc) is 2.85. The number of anilines is 1. The Morgan fingerprint density at radius 1 is 0.848 bits per heavy atom. The van der Waals surface area contributed by atoms with Gasteiger partial charge in [0.1, 0.15) is 5.82 Å². The van der Waals surface area contributed by atoms with Crippen molar-refractivity contribution in [1.82, 2.24) is 4.90 Å². The van der Waals surface area contributed by atoms with Gasteiger partial charge in [-0.1, -0.05) is 60.1 Å². The summed E-state index contributed by atoms with van der Waals surface area (Å²) >= 11 is 6.07. The van der Waals surface area contributed by atoms with Crippen molar-refractivity contribution in [1.29, 1.82) is 0 Å². The Morgan fingerprint density at radius 3 is 2.27 bits per heavy atom. The monoisotopic (exact) mass is 458 g/mol. The summed E-state index contributed by atoms with van der Waals surface area (Å²) in [6.45, 7) is 3.08. The molecular weight excluding hydrogens is 431 g/mol. The predicted molar refractivity (Wildman–Crippen MR) is 136 cm³/mol. The highest BCUT2D eigenvalue weighted by Crippen LogP contribution is 2.34. The zero-order valence-electron chi connectivity index (χ0n) is 18.6. The molecule has 4 aromatic carbocycles. The quantitative estimate of drug-likeness (QED) is 0.318. The third-order valence-corrected chi connectivity index (χ3v) is 6.97.